The van der Waals surface area contributed by atoms with E-state index < -0.39 is 32.4 Å². The summed E-state index contributed by atoms with van der Waals surface area (Å²) in [4.78, 5) is -1.13. The van der Waals surface area contributed by atoms with Gasteiger partial charge in [-0.1, -0.05) is 0 Å². The van der Waals surface area contributed by atoms with Crippen LogP contribution in [0.25, 0.3) is 0 Å². The maximum absolute atomic E-state index is 13.5. The first-order valence-corrected chi connectivity index (χ1v) is 8.23. The van der Waals surface area contributed by atoms with Crippen molar-refractivity contribution in [1.29, 1.82) is 0 Å². The van der Waals surface area contributed by atoms with Crippen LogP contribution in [0.5, 0.6) is 0 Å². The third-order valence-corrected chi connectivity index (χ3v) is 4.99. The Morgan fingerprint density at radius 1 is 1.24 bits per heavy atom. The summed E-state index contributed by atoms with van der Waals surface area (Å²) in [5.41, 5.74) is 0. The summed E-state index contributed by atoms with van der Waals surface area (Å²) in [6.45, 7) is 1.85. The van der Waals surface area contributed by atoms with Gasteiger partial charge in [0.05, 0.1) is 0 Å². The molecule has 1 atom stereocenters. The number of hydrogen-bond acceptors (Lipinski definition) is 3. The minimum Gasteiger partial charge on any atom is -0.316 e. The van der Waals surface area contributed by atoms with Gasteiger partial charge in [0.15, 0.2) is 4.90 Å². The number of benzene rings is 1. The normalized spacial score (nSPS) is 19.7. The third kappa shape index (κ3) is 4.18. The summed E-state index contributed by atoms with van der Waals surface area (Å²) < 4.78 is 65.7. The van der Waals surface area contributed by atoms with Crippen LogP contribution in [0.1, 0.15) is 19.3 Å². The van der Waals surface area contributed by atoms with E-state index in [-0.39, 0.29) is 6.54 Å². The van der Waals surface area contributed by atoms with Crippen LogP contribution in [0.3, 0.4) is 0 Å². The molecule has 0 radical (unpaired) electrons. The van der Waals surface area contributed by atoms with Crippen molar-refractivity contribution in [3.63, 3.8) is 0 Å². The highest BCUT2D eigenvalue weighted by Crippen LogP contribution is 2.20. The van der Waals surface area contributed by atoms with Crippen molar-refractivity contribution in [3.05, 3.63) is 29.6 Å². The van der Waals surface area contributed by atoms with Crippen molar-refractivity contribution in [2.24, 2.45) is 5.92 Å². The van der Waals surface area contributed by atoms with Gasteiger partial charge in [0.1, 0.15) is 17.5 Å². The Bertz CT molecular complexity index is 578. The second-order valence-electron chi connectivity index (χ2n) is 5.10. The summed E-state index contributed by atoms with van der Waals surface area (Å²) >= 11 is 0. The van der Waals surface area contributed by atoms with Crippen LogP contribution in [0.4, 0.5) is 13.2 Å². The van der Waals surface area contributed by atoms with E-state index in [2.05, 4.69) is 10.0 Å². The predicted molar refractivity (Wildman–Crippen MR) is 71.7 cm³/mol. The van der Waals surface area contributed by atoms with Gasteiger partial charge >= 0.3 is 0 Å². The SMILES string of the molecule is O=S(=O)(NCCC1CCCNC1)c1c(F)cc(F)cc1F. The molecule has 1 saturated heterocycles. The molecule has 1 aliphatic heterocycles. The highest BCUT2D eigenvalue weighted by atomic mass is 32.2. The zero-order chi connectivity index (χ0) is 15.5. The van der Waals surface area contributed by atoms with Crippen molar-refractivity contribution < 1.29 is 21.6 Å². The van der Waals surface area contributed by atoms with Crippen LogP contribution in [-0.4, -0.2) is 28.1 Å². The molecule has 118 valence electrons. The Morgan fingerprint density at radius 3 is 2.48 bits per heavy atom. The molecule has 1 heterocycles. The summed E-state index contributed by atoms with van der Waals surface area (Å²) in [6.07, 6.45) is 2.60. The highest BCUT2D eigenvalue weighted by molar-refractivity contribution is 7.89. The molecule has 1 aromatic carbocycles. The molecule has 2 N–H and O–H groups in total. The fourth-order valence-electron chi connectivity index (χ4n) is 2.43. The van der Waals surface area contributed by atoms with E-state index >= 15 is 0 Å². The minimum atomic E-state index is -4.33. The summed E-state index contributed by atoms with van der Waals surface area (Å²) in [5.74, 6) is -3.68. The topological polar surface area (TPSA) is 58.2 Å². The van der Waals surface area contributed by atoms with Crippen molar-refractivity contribution in [3.8, 4) is 0 Å². The number of piperidine rings is 1. The van der Waals surface area contributed by atoms with Crippen molar-refractivity contribution in [2.75, 3.05) is 19.6 Å². The molecule has 8 heteroatoms. The van der Waals surface area contributed by atoms with Crippen LogP contribution in [-0.2, 0) is 10.0 Å². The first-order chi connectivity index (χ1) is 9.90. The summed E-state index contributed by atoms with van der Waals surface area (Å²) in [6, 6.07) is 0.700. The molecule has 0 aromatic heterocycles. The lowest BCUT2D eigenvalue weighted by atomic mass is 9.96. The van der Waals surface area contributed by atoms with Crippen LogP contribution < -0.4 is 10.0 Å². The molecule has 1 unspecified atom stereocenters. The number of hydrogen-bond donors (Lipinski definition) is 2. The third-order valence-electron chi connectivity index (χ3n) is 3.48. The van der Waals surface area contributed by atoms with E-state index in [1.165, 1.54) is 0 Å². The fraction of sp³-hybridized carbons (Fsp3) is 0.538. The molecule has 0 aliphatic carbocycles. The Labute approximate surface area is 121 Å². The molecule has 21 heavy (non-hydrogen) atoms. The lowest BCUT2D eigenvalue weighted by molar-refractivity contribution is 0.358. The average Bonchev–Trinajstić information content (AvgIpc) is 2.38. The predicted octanol–water partition coefficient (Wildman–Crippen LogP) is 1.77. The van der Waals surface area contributed by atoms with Crippen LogP contribution >= 0.6 is 0 Å². The van der Waals surface area contributed by atoms with E-state index in [1.807, 2.05) is 0 Å². The second-order valence-corrected chi connectivity index (χ2v) is 6.80. The van der Waals surface area contributed by atoms with Crippen LogP contribution in [0, 0.1) is 23.4 Å². The maximum atomic E-state index is 13.5. The molecular formula is C13H17F3N2O2S. The highest BCUT2D eigenvalue weighted by Gasteiger charge is 2.25. The molecule has 2 rings (SSSR count). The van der Waals surface area contributed by atoms with Gasteiger partial charge in [-0.3, -0.25) is 0 Å². The number of sulfonamides is 1. The number of rotatable bonds is 5. The van der Waals surface area contributed by atoms with E-state index in [4.69, 9.17) is 0 Å². The van der Waals surface area contributed by atoms with Gasteiger partial charge in [-0.2, -0.15) is 0 Å². The van der Waals surface area contributed by atoms with Crippen molar-refractivity contribution in [2.45, 2.75) is 24.2 Å². The fourth-order valence-corrected chi connectivity index (χ4v) is 3.59. The number of halogens is 3. The van der Waals surface area contributed by atoms with E-state index in [1.54, 1.807) is 0 Å². The van der Waals surface area contributed by atoms with E-state index in [9.17, 15) is 21.6 Å². The largest absolute Gasteiger partial charge is 0.316 e. The Balaban J connectivity index is 2.01. The van der Waals surface area contributed by atoms with Gasteiger partial charge in [0, 0.05) is 18.7 Å². The molecule has 0 spiro atoms. The second kappa shape index (κ2) is 6.76. The molecule has 4 nitrogen and oxygen atoms in total. The van der Waals surface area contributed by atoms with Gasteiger partial charge < -0.3 is 5.32 Å². The monoisotopic (exact) mass is 322 g/mol. The average molecular weight is 322 g/mol. The Kier molecular flexibility index (Phi) is 5.23. The number of nitrogens with one attached hydrogen (secondary N) is 2. The lowest BCUT2D eigenvalue weighted by Gasteiger charge is -2.22. The standard InChI is InChI=1S/C13H17F3N2O2S/c14-10-6-11(15)13(12(16)7-10)21(19,20)18-5-3-9-2-1-4-17-8-9/h6-7,9,17-18H,1-5,8H2. The van der Waals surface area contributed by atoms with Crippen molar-refractivity contribution in [1.82, 2.24) is 10.0 Å². The van der Waals surface area contributed by atoms with Crippen LogP contribution in [0.2, 0.25) is 0 Å². The molecule has 1 aromatic rings. The smallest absolute Gasteiger partial charge is 0.246 e. The quantitative estimate of drug-likeness (QED) is 0.869. The van der Waals surface area contributed by atoms with E-state index in [0.717, 1.165) is 25.9 Å². The zero-order valence-corrected chi connectivity index (χ0v) is 12.1. The van der Waals surface area contributed by atoms with E-state index in [0.29, 0.717) is 24.5 Å². The first-order valence-electron chi connectivity index (χ1n) is 6.75. The molecule has 0 bridgehead atoms. The van der Waals surface area contributed by atoms with Crippen molar-refractivity contribution >= 4 is 10.0 Å². The summed E-state index contributed by atoms with van der Waals surface area (Å²) in [7, 11) is -4.33. The molecular weight excluding hydrogens is 305 g/mol. The maximum Gasteiger partial charge on any atom is 0.246 e. The molecule has 0 saturated carbocycles. The zero-order valence-electron chi connectivity index (χ0n) is 11.3. The Hall–Kier alpha value is -1.12. The molecule has 1 fully saturated rings. The van der Waals surface area contributed by atoms with Gasteiger partial charge in [0.2, 0.25) is 10.0 Å². The van der Waals surface area contributed by atoms with Gasteiger partial charge in [-0.05, 0) is 38.3 Å². The van der Waals surface area contributed by atoms with Gasteiger partial charge in [-0.25, -0.2) is 26.3 Å². The van der Waals surface area contributed by atoms with Gasteiger partial charge in [-0.15, -0.1) is 0 Å². The lowest BCUT2D eigenvalue weighted by Crippen LogP contribution is -2.33. The van der Waals surface area contributed by atoms with Crippen LogP contribution in [0.15, 0.2) is 17.0 Å². The Morgan fingerprint density at radius 2 is 1.90 bits per heavy atom. The molecule has 1 aliphatic rings. The molecule has 0 amide bonds. The summed E-state index contributed by atoms with van der Waals surface area (Å²) in [5, 5.41) is 3.20. The first kappa shape index (κ1) is 16.3. The minimum absolute atomic E-state index is 0.0882. The van der Waals surface area contributed by atoms with Gasteiger partial charge in [0.25, 0.3) is 0 Å².